The molecule has 0 bridgehead atoms. The second-order valence-electron chi connectivity index (χ2n) is 5.54. The molecule has 0 N–H and O–H groups in total. The topological polar surface area (TPSA) is 44.1 Å². The lowest BCUT2D eigenvalue weighted by molar-refractivity contribution is 0.0956. The number of rotatable bonds is 3. The summed E-state index contributed by atoms with van der Waals surface area (Å²) in [5.41, 5.74) is 2.43. The summed E-state index contributed by atoms with van der Waals surface area (Å²) in [6, 6.07) is 9.75. The van der Waals surface area contributed by atoms with Gasteiger partial charge in [-0.25, -0.2) is 0 Å². The van der Waals surface area contributed by atoms with Crippen molar-refractivity contribution < 1.29 is 4.74 Å². The quantitative estimate of drug-likeness (QED) is 0.870. The summed E-state index contributed by atoms with van der Waals surface area (Å²) in [6.45, 7) is 5.48. The predicted octanol–water partition coefficient (Wildman–Crippen LogP) is 2.71. The smallest absolute Gasteiger partial charge is 0.281 e. The average Bonchev–Trinajstić information content (AvgIpc) is 2.97. The highest BCUT2D eigenvalue weighted by Crippen LogP contribution is 2.21. The van der Waals surface area contributed by atoms with Gasteiger partial charge < -0.3 is 9.30 Å². The molecule has 0 spiro atoms. The number of aromatic nitrogens is 2. The lowest BCUT2D eigenvalue weighted by atomic mass is 10.1. The molecule has 1 saturated heterocycles. The molecule has 1 aliphatic heterocycles. The lowest BCUT2D eigenvalue weighted by Gasteiger charge is -2.19. The molecular weight excluding hydrogens is 264 g/mol. The summed E-state index contributed by atoms with van der Waals surface area (Å²) in [7, 11) is 0. The number of hydrogen-bond donors (Lipinski definition) is 0. The van der Waals surface area contributed by atoms with E-state index >= 15 is 0 Å². The third kappa shape index (κ3) is 2.76. The SMILES string of the molecule is Cc1nc(=O)c(-c2ccccc2)c(C)n1C[C@H]1CCCO1. The van der Waals surface area contributed by atoms with Crippen LogP contribution in [0.2, 0.25) is 0 Å². The van der Waals surface area contributed by atoms with E-state index in [-0.39, 0.29) is 11.7 Å². The highest BCUT2D eigenvalue weighted by Gasteiger charge is 2.20. The van der Waals surface area contributed by atoms with E-state index in [4.69, 9.17) is 4.74 Å². The molecule has 2 heterocycles. The van der Waals surface area contributed by atoms with Crippen LogP contribution >= 0.6 is 0 Å². The number of hydrogen-bond acceptors (Lipinski definition) is 3. The zero-order valence-electron chi connectivity index (χ0n) is 12.5. The van der Waals surface area contributed by atoms with Crippen LogP contribution in [-0.4, -0.2) is 22.3 Å². The number of nitrogens with zero attached hydrogens (tertiary/aromatic N) is 2. The molecule has 3 rings (SSSR count). The van der Waals surface area contributed by atoms with Gasteiger partial charge in [0.05, 0.1) is 18.2 Å². The molecule has 4 nitrogen and oxygen atoms in total. The summed E-state index contributed by atoms with van der Waals surface area (Å²) >= 11 is 0. The largest absolute Gasteiger partial charge is 0.376 e. The summed E-state index contributed by atoms with van der Waals surface area (Å²) in [6.07, 6.45) is 2.42. The summed E-state index contributed by atoms with van der Waals surface area (Å²) in [5, 5.41) is 0. The monoisotopic (exact) mass is 284 g/mol. The molecule has 2 aromatic rings. The van der Waals surface area contributed by atoms with Crippen molar-refractivity contribution in [3.8, 4) is 11.1 Å². The molecule has 1 atom stereocenters. The van der Waals surface area contributed by atoms with E-state index in [1.165, 1.54) is 0 Å². The fourth-order valence-electron chi connectivity index (χ4n) is 2.99. The number of benzene rings is 1. The van der Waals surface area contributed by atoms with Gasteiger partial charge in [0.25, 0.3) is 5.56 Å². The Balaban J connectivity index is 2.06. The highest BCUT2D eigenvalue weighted by molar-refractivity contribution is 5.64. The van der Waals surface area contributed by atoms with Gasteiger partial charge in [-0.15, -0.1) is 0 Å². The van der Waals surface area contributed by atoms with Crippen molar-refractivity contribution in [2.75, 3.05) is 6.61 Å². The van der Waals surface area contributed by atoms with Crippen molar-refractivity contribution in [1.82, 2.24) is 9.55 Å². The standard InChI is InChI=1S/C17H20N2O2/c1-12-16(14-7-4-3-5-8-14)17(20)18-13(2)19(12)11-15-9-6-10-21-15/h3-5,7-8,15H,6,9-11H2,1-2H3/t15-/m1/s1. The zero-order valence-corrected chi connectivity index (χ0v) is 12.5. The van der Waals surface area contributed by atoms with Gasteiger partial charge in [0.2, 0.25) is 0 Å². The van der Waals surface area contributed by atoms with Crippen molar-refractivity contribution in [1.29, 1.82) is 0 Å². The minimum Gasteiger partial charge on any atom is -0.376 e. The van der Waals surface area contributed by atoms with E-state index in [1.807, 2.05) is 44.2 Å². The molecule has 1 aromatic carbocycles. The fourth-order valence-corrected chi connectivity index (χ4v) is 2.99. The van der Waals surface area contributed by atoms with E-state index in [9.17, 15) is 4.79 Å². The highest BCUT2D eigenvalue weighted by atomic mass is 16.5. The van der Waals surface area contributed by atoms with Crippen molar-refractivity contribution in [2.24, 2.45) is 0 Å². The minimum atomic E-state index is -0.153. The van der Waals surface area contributed by atoms with Crippen molar-refractivity contribution in [3.05, 3.63) is 52.2 Å². The van der Waals surface area contributed by atoms with E-state index in [0.717, 1.165) is 43.1 Å². The summed E-state index contributed by atoms with van der Waals surface area (Å²) in [4.78, 5) is 16.5. The fraction of sp³-hybridized carbons (Fsp3) is 0.412. The van der Waals surface area contributed by atoms with Crippen molar-refractivity contribution in [2.45, 2.75) is 39.3 Å². The van der Waals surface area contributed by atoms with Gasteiger partial charge >= 0.3 is 0 Å². The van der Waals surface area contributed by atoms with Crippen LogP contribution in [0, 0.1) is 13.8 Å². The van der Waals surface area contributed by atoms with Crippen LogP contribution in [0.4, 0.5) is 0 Å². The van der Waals surface area contributed by atoms with Gasteiger partial charge in [-0.05, 0) is 32.3 Å². The van der Waals surface area contributed by atoms with Crippen LogP contribution in [0.5, 0.6) is 0 Å². The molecule has 0 unspecified atom stereocenters. The summed E-state index contributed by atoms with van der Waals surface area (Å²) < 4.78 is 7.83. The first-order valence-corrected chi connectivity index (χ1v) is 7.42. The summed E-state index contributed by atoms with van der Waals surface area (Å²) in [5.74, 6) is 0.757. The maximum Gasteiger partial charge on any atom is 0.281 e. The van der Waals surface area contributed by atoms with Crippen LogP contribution in [-0.2, 0) is 11.3 Å². The first-order chi connectivity index (χ1) is 10.2. The van der Waals surface area contributed by atoms with E-state index in [1.54, 1.807) is 0 Å². The molecule has 4 heteroatoms. The average molecular weight is 284 g/mol. The van der Waals surface area contributed by atoms with E-state index < -0.39 is 0 Å². The van der Waals surface area contributed by atoms with Crippen molar-refractivity contribution >= 4 is 0 Å². The molecule has 110 valence electrons. The van der Waals surface area contributed by atoms with Crippen LogP contribution in [0.15, 0.2) is 35.1 Å². The molecule has 21 heavy (non-hydrogen) atoms. The second-order valence-corrected chi connectivity index (χ2v) is 5.54. The van der Waals surface area contributed by atoms with Crippen LogP contribution < -0.4 is 5.56 Å². The molecule has 0 saturated carbocycles. The van der Waals surface area contributed by atoms with Gasteiger partial charge in [0, 0.05) is 12.3 Å². The maximum atomic E-state index is 12.3. The van der Waals surface area contributed by atoms with Gasteiger partial charge in [0.15, 0.2) is 0 Å². The first-order valence-electron chi connectivity index (χ1n) is 7.42. The molecular formula is C17H20N2O2. The van der Waals surface area contributed by atoms with Gasteiger partial charge in [-0.3, -0.25) is 4.79 Å². The first kappa shape index (κ1) is 14.0. The molecule has 1 aromatic heterocycles. The Hall–Kier alpha value is -1.94. The maximum absolute atomic E-state index is 12.3. The Morgan fingerprint density at radius 2 is 2.05 bits per heavy atom. The number of ether oxygens (including phenoxy) is 1. The third-order valence-electron chi connectivity index (χ3n) is 4.11. The number of aryl methyl sites for hydroxylation is 1. The normalized spacial score (nSPS) is 18.1. The Labute approximate surface area is 124 Å². The Morgan fingerprint density at radius 3 is 2.71 bits per heavy atom. The predicted molar refractivity (Wildman–Crippen MR) is 82.4 cm³/mol. The Bertz CT molecular complexity index is 686. The molecule has 0 amide bonds. The minimum absolute atomic E-state index is 0.153. The van der Waals surface area contributed by atoms with Crippen molar-refractivity contribution in [3.63, 3.8) is 0 Å². The third-order valence-corrected chi connectivity index (χ3v) is 4.11. The molecule has 1 fully saturated rings. The van der Waals surface area contributed by atoms with E-state index in [2.05, 4.69) is 9.55 Å². The molecule has 0 radical (unpaired) electrons. The van der Waals surface area contributed by atoms with Crippen LogP contribution in [0.1, 0.15) is 24.4 Å². The van der Waals surface area contributed by atoms with Gasteiger partial charge in [-0.2, -0.15) is 4.98 Å². The Kier molecular flexibility index (Phi) is 3.88. The molecule has 1 aliphatic rings. The lowest BCUT2D eigenvalue weighted by Crippen LogP contribution is -2.25. The van der Waals surface area contributed by atoms with Crippen LogP contribution in [0.25, 0.3) is 11.1 Å². The zero-order chi connectivity index (χ0) is 14.8. The second kappa shape index (κ2) is 5.82. The van der Waals surface area contributed by atoms with Gasteiger partial charge in [-0.1, -0.05) is 30.3 Å². The molecule has 0 aliphatic carbocycles. The Morgan fingerprint density at radius 1 is 1.29 bits per heavy atom. The van der Waals surface area contributed by atoms with E-state index in [0.29, 0.717) is 5.56 Å². The van der Waals surface area contributed by atoms with Gasteiger partial charge in [0.1, 0.15) is 5.82 Å². The van der Waals surface area contributed by atoms with Crippen LogP contribution in [0.3, 0.4) is 0 Å².